The summed E-state index contributed by atoms with van der Waals surface area (Å²) >= 11 is 0. The molecule has 0 aliphatic carbocycles. The highest BCUT2D eigenvalue weighted by Crippen LogP contribution is 2.42. The molecule has 1 saturated heterocycles. The highest BCUT2D eigenvalue weighted by Gasteiger charge is 2.43. The van der Waals surface area contributed by atoms with Crippen LogP contribution in [0.25, 0.3) is 0 Å². The van der Waals surface area contributed by atoms with E-state index in [1.165, 1.54) is 25.7 Å². The van der Waals surface area contributed by atoms with E-state index in [9.17, 15) is 4.79 Å². The lowest BCUT2D eigenvalue weighted by molar-refractivity contribution is -0.424. The molecule has 1 rings (SSSR count). The number of carbonyl (C=O) groups is 1. The monoisotopic (exact) mass is 356 g/mol. The van der Waals surface area contributed by atoms with Gasteiger partial charge in [-0.25, -0.2) is 9.78 Å². The fourth-order valence-corrected chi connectivity index (χ4v) is 4.29. The van der Waals surface area contributed by atoms with Crippen LogP contribution in [0.3, 0.4) is 0 Å². The van der Waals surface area contributed by atoms with Gasteiger partial charge in [-0.05, 0) is 43.4 Å². The molecule has 0 aromatic rings. The van der Waals surface area contributed by atoms with E-state index in [-0.39, 0.29) is 24.0 Å². The Morgan fingerprint density at radius 1 is 1.28 bits per heavy atom. The summed E-state index contributed by atoms with van der Waals surface area (Å²) in [6, 6.07) is 0. The van der Waals surface area contributed by atoms with Crippen molar-refractivity contribution in [1.82, 2.24) is 0 Å². The summed E-state index contributed by atoms with van der Waals surface area (Å²) in [5.41, 5.74) is -0.249. The molecule has 1 aliphatic heterocycles. The smallest absolute Gasteiger partial charge is 0.306 e. The zero-order chi connectivity index (χ0) is 18.9. The lowest BCUT2D eigenvalue weighted by Gasteiger charge is -2.44. The van der Waals surface area contributed by atoms with E-state index in [0.29, 0.717) is 5.92 Å². The molecule has 0 saturated carbocycles. The average Bonchev–Trinajstić information content (AvgIpc) is 2.60. The summed E-state index contributed by atoms with van der Waals surface area (Å²) in [7, 11) is 0. The SMILES string of the molecule is CCCC[C@H](C)CC(CC)C[C@@]1(CC)C[C@H](CC)[C@H](CC(=O)O)OO1. The largest absolute Gasteiger partial charge is 0.481 e. The lowest BCUT2D eigenvalue weighted by atomic mass is 9.75. The second kappa shape index (κ2) is 11.2. The molecule has 25 heavy (non-hydrogen) atoms. The van der Waals surface area contributed by atoms with E-state index in [2.05, 4.69) is 34.6 Å². The summed E-state index contributed by atoms with van der Waals surface area (Å²) in [6.45, 7) is 11.2. The van der Waals surface area contributed by atoms with E-state index in [4.69, 9.17) is 14.9 Å². The third kappa shape index (κ3) is 7.26. The summed E-state index contributed by atoms with van der Waals surface area (Å²) < 4.78 is 0. The molecule has 0 aromatic carbocycles. The van der Waals surface area contributed by atoms with Crippen molar-refractivity contribution in [3.8, 4) is 0 Å². The average molecular weight is 357 g/mol. The van der Waals surface area contributed by atoms with Gasteiger partial charge in [0.05, 0.1) is 6.42 Å². The first-order chi connectivity index (χ1) is 11.9. The number of carboxylic acid groups (broad SMARTS) is 1. The van der Waals surface area contributed by atoms with Gasteiger partial charge in [-0.3, -0.25) is 4.79 Å². The predicted molar refractivity (Wildman–Crippen MR) is 101 cm³/mol. The Labute approximate surface area is 154 Å². The third-order valence-electron chi connectivity index (χ3n) is 6.08. The third-order valence-corrected chi connectivity index (χ3v) is 6.08. The van der Waals surface area contributed by atoms with Crippen LogP contribution in [0.5, 0.6) is 0 Å². The first kappa shape index (κ1) is 22.4. The van der Waals surface area contributed by atoms with Gasteiger partial charge in [0.1, 0.15) is 11.7 Å². The maximum absolute atomic E-state index is 11.1. The normalized spacial score (nSPS) is 29.3. The van der Waals surface area contributed by atoms with E-state index in [1.807, 2.05) is 0 Å². The van der Waals surface area contributed by atoms with Crippen LogP contribution >= 0.6 is 0 Å². The Morgan fingerprint density at radius 2 is 2.00 bits per heavy atom. The summed E-state index contributed by atoms with van der Waals surface area (Å²) in [6.07, 6.45) is 9.80. The number of hydrogen-bond acceptors (Lipinski definition) is 3. The molecule has 0 aromatic heterocycles. The molecule has 5 atom stereocenters. The molecular weight excluding hydrogens is 316 g/mol. The van der Waals surface area contributed by atoms with Gasteiger partial charge in [0.15, 0.2) is 0 Å². The number of hydrogen-bond donors (Lipinski definition) is 1. The molecule has 1 aliphatic rings. The van der Waals surface area contributed by atoms with Crippen molar-refractivity contribution in [2.75, 3.05) is 0 Å². The number of rotatable bonds is 12. The Morgan fingerprint density at radius 3 is 2.52 bits per heavy atom. The second-order valence-corrected chi connectivity index (χ2v) is 8.19. The molecule has 4 heteroatoms. The standard InChI is InChI=1S/C21H40O4/c1-6-10-11-16(5)12-17(7-2)14-21(9-4)15-18(8-3)19(24-25-21)13-20(22)23/h16-19H,6-15H2,1-5H3,(H,22,23)/t16-,17?,18-,19-,21-/m0/s1. The van der Waals surface area contributed by atoms with Crippen LogP contribution in [0.2, 0.25) is 0 Å². The highest BCUT2D eigenvalue weighted by atomic mass is 17.2. The predicted octanol–water partition coefficient (Wildman–Crippen LogP) is 5.99. The van der Waals surface area contributed by atoms with E-state index in [0.717, 1.165) is 38.0 Å². The molecule has 4 nitrogen and oxygen atoms in total. The van der Waals surface area contributed by atoms with Crippen molar-refractivity contribution < 1.29 is 19.7 Å². The Bertz CT molecular complexity index is 384. The van der Waals surface area contributed by atoms with Crippen molar-refractivity contribution in [3.63, 3.8) is 0 Å². The molecule has 0 amide bonds. The van der Waals surface area contributed by atoms with Crippen LogP contribution in [0.15, 0.2) is 0 Å². The Balaban J connectivity index is 2.69. The van der Waals surface area contributed by atoms with Crippen LogP contribution in [0.4, 0.5) is 0 Å². The molecule has 1 N–H and O–H groups in total. The van der Waals surface area contributed by atoms with Gasteiger partial charge in [0, 0.05) is 0 Å². The fraction of sp³-hybridized carbons (Fsp3) is 0.952. The van der Waals surface area contributed by atoms with Crippen molar-refractivity contribution >= 4 is 5.97 Å². The minimum Gasteiger partial charge on any atom is -0.481 e. The zero-order valence-corrected chi connectivity index (χ0v) is 17.1. The number of unbranched alkanes of at least 4 members (excludes halogenated alkanes) is 1. The van der Waals surface area contributed by atoms with Crippen molar-refractivity contribution in [3.05, 3.63) is 0 Å². The molecule has 0 bridgehead atoms. The van der Waals surface area contributed by atoms with Gasteiger partial charge in [0.2, 0.25) is 0 Å². The maximum Gasteiger partial charge on any atom is 0.306 e. The van der Waals surface area contributed by atoms with Gasteiger partial charge >= 0.3 is 5.97 Å². The maximum atomic E-state index is 11.1. The topological polar surface area (TPSA) is 55.8 Å². The van der Waals surface area contributed by atoms with Crippen LogP contribution < -0.4 is 0 Å². The van der Waals surface area contributed by atoms with Gasteiger partial charge < -0.3 is 5.11 Å². The zero-order valence-electron chi connectivity index (χ0n) is 17.1. The first-order valence-electron chi connectivity index (χ1n) is 10.5. The van der Waals surface area contributed by atoms with E-state index in [1.54, 1.807) is 0 Å². The van der Waals surface area contributed by atoms with Gasteiger partial charge in [0.25, 0.3) is 0 Å². The lowest BCUT2D eigenvalue weighted by Crippen LogP contribution is -2.46. The number of aliphatic carboxylic acids is 1. The van der Waals surface area contributed by atoms with E-state index >= 15 is 0 Å². The second-order valence-electron chi connectivity index (χ2n) is 8.19. The van der Waals surface area contributed by atoms with Crippen molar-refractivity contribution in [2.24, 2.45) is 17.8 Å². The van der Waals surface area contributed by atoms with Crippen LogP contribution in [-0.2, 0) is 14.6 Å². The minimum atomic E-state index is -0.813. The van der Waals surface area contributed by atoms with Gasteiger partial charge in [-0.15, -0.1) is 0 Å². The van der Waals surface area contributed by atoms with Gasteiger partial charge in [-0.2, -0.15) is 0 Å². The quantitative estimate of drug-likeness (QED) is 0.436. The molecule has 1 heterocycles. The molecule has 1 fully saturated rings. The molecule has 0 radical (unpaired) electrons. The van der Waals surface area contributed by atoms with Crippen LogP contribution in [0, 0.1) is 17.8 Å². The fourth-order valence-electron chi connectivity index (χ4n) is 4.29. The number of carboxylic acids is 1. The molecule has 0 spiro atoms. The minimum absolute atomic E-state index is 0.0313. The summed E-state index contributed by atoms with van der Waals surface area (Å²) in [5, 5.41) is 9.08. The van der Waals surface area contributed by atoms with Crippen molar-refractivity contribution in [1.29, 1.82) is 0 Å². The Hall–Kier alpha value is -0.610. The molecular formula is C21H40O4. The molecule has 1 unspecified atom stereocenters. The van der Waals surface area contributed by atoms with Crippen LogP contribution in [0.1, 0.15) is 98.8 Å². The summed E-state index contributed by atoms with van der Waals surface area (Å²) in [5.74, 6) is 0.848. The highest BCUT2D eigenvalue weighted by molar-refractivity contribution is 5.67. The van der Waals surface area contributed by atoms with Gasteiger partial charge in [-0.1, -0.05) is 66.7 Å². The Kier molecular flexibility index (Phi) is 10.0. The molecule has 148 valence electrons. The van der Waals surface area contributed by atoms with Crippen LogP contribution in [-0.4, -0.2) is 22.8 Å². The summed E-state index contributed by atoms with van der Waals surface area (Å²) in [4.78, 5) is 22.6. The van der Waals surface area contributed by atoms with E-state index < -0.39 is 5.97 Å². The first-order valence-corrected chi connectivity index (χ1v) is 10.5. The van der Waals surface area contributed by atoms with Crippen molar-refractivity contribution in [2.45, 2.75) is 111 Å².